The summed E-state index contributed by atoms with van der Waals surface area (Å²) >= 11 is 0. The van der Waals surface area contributed by atoms with Crippen LogP contribution >= 0.6 is 0 Å². The molecule has 1 aromatic carbocycles. The average molecular weight is 452 g/mol. The fourth-order valence-corrected chi connectivity index (χ4v) is 4.95. The van der Waals surface area contributed by atoms with E-state index in [0.29, 0.717) is 12.5 Å². The number of benzene rings is 1. The van der Waals surface area contributed by atoms with Gasteiger partial charge in [-0.3, -0.25) is 14.6 Å². The highest BCUT2D eigenvalue weighted by Crippen LogP contribution is 2.21. The minimum absolute atomic E-state index is 0.0995. The SMILES string of the molecule is COc1cccc(CNC(=O)C(C)N2CCCC(CN3CCN(c4ccccn4)CC3)C2)c1. The molecule has 0 spiro atoms. The number of rotatable bonds is 8. The average Bonchev–Trinajstić information content (AvgIpc) is 2.88. The van der Waals surface area contributed by atoms with Gasteiger partial charge in [0.05, 0.1) is 13.2 Å². The number of hydrogen-bond acceptors (Lipinski definition) is 6. The number of ether oxygens (including phenoxy) is 1. The van der Waals surface area contributed by atoms with Gasteiger partial charge < -0.3 is 15.0 Å². The third kappa shape index (κ3) is 6.45. The largest absolute Gasteiger partial charge is 0.497 e. The Morgan fingerprint density at radius 2 is 2.00 bits per heavy atom. The molecular weight excluding hydrogens is 414 g/mol. The molecule has 1 amide bonds. The molecule has 2 aliphatic heterocycles. The van der Waals surface area contributed by atoms with E-state index in [4.69, 9.17) is 4.74 Å². The zero-order chi connectivity index (χ0) is 23.0. The predicted molar refractivity (Wildman–Crippen MR) is 131 cm³/mol. The number of nitrogens with zero attached hydrogens (tertiary/aromatic N) is 4. The summed E-state index contributed by atoms with van der Waals surface area (Å²) in [7, 11) is 1.66. The molecule has 7 nitrogen and oxygen atoms in total. The summed E-state index contributed by atoms with van der Waals surface area (Å²) in [5.74, 6) is 2.61. The quantitative estimate of drug-likeness (QED) is 0.666. The standard InChI is InChI=1S/C26H37N5O2/c1-21(26(32)28-18-22-7-5-9-24(17-22)33-2)31-12-6-8-23(20-31)19-29-13-15-30(16-14-29)25-10-3-4-11-27-25/h3-5,7,9-11,17,21,23H,6,8,12-16,18-20H2,1-2H3,(H,28,32). The summed E-state index contributed by atoms with van der Waals surface area (Å²) in [4.78, 5) is 24.6. The number of carbonyl (C=O) groups is 1. The summed E-state index contributed by atoms with van der Waals surface area (Å²) in [6.45, 7) is 9.87. The molecule has 3 heterocycles. The maximum Gasteiger partial charge on any atom is 0.237 e. The lowest BCUT2D eigenvalue weighted by molar-refractivity contribution is -0.126. The number of aromatic nitrogens is 1. The van der Waals surface area contributed by atoms with Crippen molar-refractivity contribution >= 4 is 11.7 Å². The molecule has 2 saturated heterocycles. The lowest BCUT2D eigenvalue weighted by Crippen LogP contribution is -2.52. The first-order valence-corrected chi connectivity index (χ1v) is 12.2. The van der Waals surface area contributed by atoms with Crippen LogP contribution in [0.25, 0.3) is 0 Å². The van der Waals surface area contributed by atoms with Crippen LogP contribution in [0.3, 0.4) is 0 Å². The minimum atomic E-state index is -0.112. The van der Waals surface area contributed by atoms with Gasteiger partial charge in [-0.05, 0) is 62.1 Å². The molecule has 2 aliphatic rings. The van der Waals surface area contributed by atoms with Crippen molar-refractivity contribution in [1.82, 2.24) is 20.1 Å². The van der Waals surface area contributed by atoms with E-state index in [1.54, 1.807) is 7.11 Å². The molecule has 2 fully saturated rings. The molecule has 2 unspecified atom stereocenters. The highest BCUT2D eigenvalue weighted by atomic mass is 16.5. The number of nitrogens with one attached hydrogen (secondary N) is 1. The summed E-state index contributed by atoms with van der Waals surface area (Å²) in [5, 5.41) is 3.11. The van der Waals surface area contributed by atoms with Crippen molar-refractivity contribution in [3.05, 3.63) is 54.2 Å². The molecule has 33 heavy (non-hydrogen) atoms. The first kappa shape index (κ1) is 23.5. The Hall–Kier alpha value is -2.64. The van der Waals surface area contributed by atoms with Crippen LogP contribution in [0.1, 0.15) is 25.3 Å². The van der Waals surface area contributed by atoms with E-state index in [9.17, 15) is 4.79 Å². The zero-order valence-corrected chi connectivity index (χ0v) is 19.9. The molecule has 1 aromatic heterocycles. The third-order valence-corrected chi connectivity index (χ3v) is 6.94. The van der Waals surface area contributed by atoms with Gasteiger partial charge in [0.25, 0.3) is 0 Å². The number of methoxy groups -OCH3 is 1. The number of piperidine rings is 1. The lowest BCUT2D eigenvalue weighted by Gasteiger charge is -2.40. The second kappa shape index (κ2) is 11.5. The molecule has 4 rings (SSSR count). The Morgan fingerprint density at radius 1 is 1.15 bits per heavy atom. The van der Waals surface area contributed by atoms with Crippen molar-refractivity contribution in [2.45, 2.75) is 32.4 Å². The van der Waals surface area contributed by atoms with E-state index in [2.05, 4.69) is 37.1 Å². The first-order valence-electron chi connectivity index (χ1n) is 12.2. The number of pyridine rings is 1. The summed E-state index contributed by atoms with van der Waals surface area (Å²) in [6, 6.07) is 13.9. The number of carbonyl (C=O) groups excluding carboxylic acids is 1. The maximum absolute atomic E-state index is 12.8. The van der Waals surface area contributed by atoms with E-state index in [-0.39, 0.29) is 11.9 Å². The van der Waals surface area contributed by atoms with Gasteiger partial charge in [0.15, 0.2) is 0 Å². The van der Waals surface area contributed by atoms with Gasteiger partial charge in [-0.2, -0.15) is 0 Å². The number of amides is 1. The van der Waals surface area contributed by atoms with Crippen LogP contribution in [0, 0.1) is 5.92 Å². The lowest BCUT2D eigenvalue weighted by atomic mass is 9.95. The Morgan fingerprint density at radius 3 is 2.76 bits per heavy atom. The van der Waals surface area contributed by atoms with E-state index in [0.717, 1.165) is 69.4 Å². The topological polar surface area (TPSA) is 60.9 Å². The van der Waals surface area contributed by atoms with E-state index in [1.807, 2.05) is 43.5 Å². The molecule has 178 valence electrons. The number of likely N-dealkylation sites (tertiary alicyclic amines) is 1. The molecule has 7 heteroatoms. The van der Waals surface area contributed by atoms with Gasteiger partial charge in [0.1, 0.15) is 11.6 Å². The molecule has 1 N–H and O–H groups in total. The molecule has 0 saturated carbocycles. The molecule has 2 aromatic rings. The monoisotopic (exact) mass is 451 g/mol. The van der Waals surface area contributed by atoms with Crippen LogP contribution in [0.4, 0.5) is 5.82 Å². The highest BCUT2D eigenvalue weighted by molar-refractivity contribution is 5.81. The van der Waals surface area contributed by atoms with E-state index < -0.39 is 0 Å². The second-order valence-electron chi connectivity index (χ2n) is 9.22. The fourth-order valence-electron chi connectivity index (χ4n) is 4.95. The third-order valence-electron chi connectivity index (χ3n) is 6.94. The smallest absolute Gasteiger partial charge is 0.237 e. The van der Waals surface area contributed by atoms with Crippen LogP contribution in [-0.2, 0) is 11.3 Å². The van der Waals surface area contributed by atoms with Crippen LogP contribution < -0.4 is 15.0 Å². The zero-order valence-electron chi connectivity index (χ0n) is 19.9. The van der Waals surface area contributed by atoms with Gasteiger partial charge >= 0.3 is 0 Å². The highest BCUT2D eigenvalue weighted by Gasteiger charge is 2.29. The number of anilines is 1. The first-order chi connectivity index (χ1) is 16.1. The van der Waals surface area contributed by atoms with Crippen molar-refractivity contribution in [3.8, 4) is 5.75 Å². The van der Waals surface area contributed by atoms with Crippen molar-refractivity contribution in [3.63, 3.8) is 0 Å². The van der Waals surface area contributed by atoms with Crippen LogP contribution in [0.2, 0.25) is 0 Å². The van der Waals surface area contributed by atoms with Gasteiger partial charge in [-0.25, -0.2) is 4.98 Å². The maximum atomic E-state index is 12.8. The van der Waals surface area contributed by atoms with Crippen molar-refractivity contribution in [2.24, 2.45) is 5.92 Å². The predicted octanol–water partition coefficient (Wildman–Crippen LogP) is 2.63. The van der Waals surface area contributed by atoms with Crippen LogP contribution in [0.5, 0.6) is 5.75 Å². The Kier molecular flexibility index (Phi) is 8.18. The summed E-state index contributed by atoms with van der Waals surface area (Å²) in [6.07, 6.45) is 4.27. The van der Waals surface area contributed by atoms with Crippen LogP contribution in [-0.4, -0.2) is 79.7 Å². The minimum Gasteiger partial charge on any atom is -0.497 e. The van der Waals surface area contributed by atoms with Crippen molar-refractivity contribution in [2.75, 3.05) is 57.8 Å². The van der Waals surface area contributed by atoms with E-state index in [1.165, 1.54) is 6.42 Å². The molecule has 2 atom stereocenters. The molecular formula is C26H37N5O2. The van der Waals surface area contributed by atoms with Gasteiger partial charge in [-0.1, -0.05) is 18.2 Å². The Labute approximate surface area is 197 Å². The summed E-state index contributed by atoms with van der Waals surface area (Å²) < 4.78 is 5.28. The Bertz CT molecular complexity index is 885. The fraction of sp³-hybridized carbons (Fsp3) is 0.538. The number of piperazine rings is 1. The van der Waals surface area contributed by atoms with Crippen LogP contribution in [0.15, 0.2) is 48.7 Å². The Balaban J connectivity index is 1.22. The molecule has 0 aliphatic carbocycles. The van der Waals surface area contributed by atoms with Gasteiger partial charge in [0.2, 0.25) is 5.91 Å². The normalized spacial score (nSPS) is 20.9. The number of hydrogen-bond donors (Lipinski definition) is 1. The van der Waals surface area contributed by atoms with Gasteiger partial charge in [0, 0.05) is 52.0 Å². The summed E-state index contributed by atoms with van der Waals surface area (Å²) in [5.41, 5.74) is 1.05. The van der Waals surface area contributed by atoms with Crippen molar-refractivity contribution < 1.29 is 9.53 Å². The van der Waals surface area contributed by atoms with E-state index >= 15 is 0 Å². The second-order valence-corrected chi connectivity index (χ2v) is 9.22. The van der Waals surface area contributed by atoms with Crippen molar-refractivity contribution in [1.29, 1.82) is 0 Å². The molecule has 0 bridgehead atoms. The molecule has 0 radical (unpaired) electrons. The van der Waals surface area contributed by atoms with Gasteiger partial charge in [-0.15, -0.1) is 0 Å².